The fraction of sp³-hybridized carbons (Fsp3) is 0.385. The van der Waals surface area contributed by atoms with Gasteiger partial charge in [-0.2, -0.15) is 0 Å². The average molecular weight is 253 g/mol. The van der Waals surface area contributed by atoms with Crippen molar-refractivity contribution in [2.75, 3.05) is 13.2 Å². The zero-order chi connectivity index (χ0) is 13.5. The van der Waals surface area contributed by atoms with E-state index in [2.05, 4.69) is 5.32 Å². The van der Waals surface area contributed by atoms with Crippen molar-refractivity contribution >= 4 is 11.9 Å². The van der Waals surface area contributed by atoms with Crippen LogP contribution in [0.5, 0.6) is 0 Å². The van der Waals surface area contributed by atoms with Crippen LogP contribution in [0.2, 0.25) is 0 Å². The molecule has 4 nitrogen and oxygen atoms in total. The lowest BCUT2D eigenvalue weighted by atomic mass is 10.1. The van der Waals surface area contributed by atoms with Crippen molar-refractivity contribution in [2.45, 2.75) is 20.3 Å². The Morgan fingerprint density at radius 3 is 2.72 bits per heavy atom. The number of nitrogens with one attached hydrogen (secondary N) is 1. The number of esters is 1. The zero-order valence-corrected chi connectivity index (χ0v) is 10.5. The van der Waals surface area contributed by atoms with Crippen molar-refractivity contribution in [3.63, 3.8) is 0 Å². The fourth-order valence-corrected chi connectivity index (χ4v) is 1.35. The fourth-order valence-electron chi connectivity index (χ4n) is 1.35. The first-order valence-electron chi connectivity index (χ1n) is 5.74. The highest BCUT2D eigenvalue weighted by Crippen LogP contribution is 2.08. The summed E-state index contributed by atoms with van der Waals surface area (Å²) < 4.78 is 18.0. The first kappa shape index (κ1) is 14.2. The Kier molecular flexibility index (Phi) is 5.30. The Hall–Kier alpha value is -1.91. The van der Waals surface area contributed by atoms with Gasteiger partial charge in [-0.1, -0.05) is 6.07 Å². The average Bonchev–Trinajstić information content (AvgIpc) is 2.33. The van der Waals surface area contributed by atoms with E-state index in [1.807, 2.05) is 0 Å². The zero-order valence-electron chi connectivity index (χ0n) is 10.5. The molecule has 0 aliphatic heterocycles. The van der Waals surface area contributed by atoms with Crippen LogP contribution in [0.1, 0.15) is 29.3 Å². The van der Waals surface area contributed by atoms with Crippen LogP contribution in [0.3, 0.4) is 0 Å². The highest BCUT2D eigenvalue weighted by atomic mass is 19.1. The van der Waals surface area contributed by atoms with E-state index in [1.54, 1.807) is 13.8 Å². The van der Waals surface area contributed by atoms with Gasteiger partial charge in [0.2, 0.25) is 0 Å². The maximum Gasteiger partial charge on any atom is 0.307 e. The summed E-state index contributed by atoms with van der Waals surface area (Å²) in [5, 5.41) is 2.53. The molecule has 1 aromatic carbocycles. The number of halogens is 1. The van der Waals surface area contributed by atoms with Crippen molar-refractivity contribution in [1.29, 1.82) is 0 Å². The van der Waals surface area contributed by atoms with Crippen molar-refractivity contribution in [3.8, 4) is 0 Å². The number of aryl methyl sites for hydroxylation is 1. The summed E-state index contributed by atoms with van der Waals surface area (Å²) in [5.41, 5.74) is 0.722. The lowest BCUT2D eigenvalue weighted by molar-refractivity contribution is -0.142. The van der Waals surface area contributed by atoms with E-state index in [0.29, 0.717) is 12.2 Å². The summed E-state index contributed by atoms with van der Waals surface area (Å²) >= 11 is 0. The minimum atomic E-state index is -0.423. The Labute approximate surface area is 105 Å². The Balaban J connectivity index is 2.45. The summed E-state index contributed by atoms with van der Waals surface area (Å²) in [4.78, 5) is 22.6. The van der Waals surface area contributed by atoms with Crippen LogP contribution in [-0.4, -0.2) is 25.0 Å². The molecule has 0 heterocycles. The quantitative estimate of drug-likeness (QED) is 0.814. The molecule has 0 atom stereocenters. The summed E-state index contributed by atoms with van der Waals surface area (Å²) in [6, 6.07) is 4.25. The normalized spacial score (nSPS) is 9.94. The maximum absolute atomic E-state index is 13.2. The van der Waals surface area contributed by atoms with Gasteiger partial charge in [0.1, 0.15) is 5.82 Å². The molecule has 0 aliphatic carbocycles. The number of benzene rings is 1. The topological polar surface area (TPSA) is 55.4 Å². The standard InChI is InChI=1S/C13H16FNO3/c1-3-18-12(16)6-7-15-13(17)10-5-4-9(2)11(14)8-10/h4-5,8H,3,6-7H2,1-2H3,(H,15,17). The van der Waals surface area contributed by atoms with E-state index in [-0.39, 0.29) is 24.5 Å². The molecule has 18 heavy (non-hydrogen) atoms. The minimum Gasteiger partial charge on any atom is -0.466 e. The molecule has 0 radical (unpaired) electrons. The molecule has 1 rings (SSSR count). The Bertz CT molecular complexity index is 446. The summed E-state index contributed by atoms with van der Waals surface area (Å²) in [5.74, 6) is -1.20. The number of rotatable bonds is 5. The van der Waals surface area contributed by atoms with Gasteiger partial charge >= 0.3 is 5.97 Å². The summed E-state index contributed by atoms with van der Waals surface area (Å²) in [6.45, 7) is 3.83. The van der Waals surface area contributed by atoms with E-state index in [0.717, 1.165) is 0 Å². The van der Waals surface area contributed by atoms with Crippen LogP contribution in [0.15, 0.2) is 18.2 Å². The Morgan fingerprint density at radius 2 is 2.11 bits per heavy atom. The SMILES string of the molecule is CCOC(=O)CCNC(=O)c1ccc(C)c(F)c1. The van der Waals surface area contributed by atoms with Crippen LogP contribution in [0, 0.1) is 12.7 Å². The summed E-state index contributed by atoms with van der Waals surface area (Å²) in [7, 11) is 0. The van der Waals surface area contributed by atoms with E-state index >= 15 is 0 Å². The van der Waals surface area contributed by atoms with Crippen molar-refractivity contribution in [2.24, 2.45) is 0 Å². The molecule has 0 spiro atoms. The highest BCUT2D eigenvalue weighted by Gasteiger charge is 2.08. The smallest absolute Gasteiger partial charge is 0.307 e. The molecule has 0 aliphatic rings. The molecule has 0 saturated carbocycles. The van der Waals surface area contributed by atoms with Gasteiger partial charge in [-0.25, -0.2) is 4.39 Å². The summed E-state index contributed by atoms with van der Waals surface area (Å²) in [6.07, 6.45) is 0.105. The first-order valence-corrected chi connectivity index (χ1v) is 5.74. The number of carbonyl (C=O) groups excluding carboxylic acids is 2. The first-order chi connectivity index (χ1) is 8.54. The van der Waals surface area contributed by atoms with Crippen molar-refractivity contribution < 1.29 is 18.7 Å². The third-order valence-electron chi connectivity index (χ3n) is 2.35. The van der Waals surface area contributed by atoms with E-state index < -0.39 is 11.7 Å². The Morgan fingerprint density at radius 1 is 1.39 bits per heavy atom. The van der Waals surface area contributed by atoms with Gasteiger partial charge in [0.25, 0.3) is 5.91 Å². The molecule has 5 heteroatoms. The molecule has 98 valence electrons. The van der Waals surface area contributed by atoms with Gasteiger partial charge in [-0.05, 0) is 31.5 Å². The molecular formula is C13H16FNO3. The molecule has 0 fully saturated rings. The number of amides is 1. The molecular weight excluding hydrogens is 237 g/mol. The second-order valence-electron chi connectivity index (χ2n) is 3.77. The largest absolute Gasteiger partial charge is 0.466 e. The van der Waals surface area contributed by atoms with E-state index in [1.165, 1.54) is 18.2 Å². The molecule has 0 aromatic heterocycles. The maximum atomic E-state index is 13.2. The minimum absolute atomic E-state index is 0.105. The third-order valence-corrected chi connectivity index (χ3v) is 2.35. The molecule has 0 unspecified atom stereocenters. The van der Waals surface area contributed by atoms with Crippen molar-refractivity contribution in [3.05, 3.63) is 35.1 Å². The molecule has 1 aromatic rings. The van der Waals surface area contributed by atoms with Gasteiger partial charge in [0, 0.05) is 12.1 Å². The second-order valence-corrected chi connectivity index (χ2v) is 3.77. The molecule has 1 amide bonds. The van der Waals surface area contributed by atoms with Gasteiger partial charge in [-0.3, -0.25) is 9.59 Å². The molecule has 0 saturated heterocycles. The van der Waals surface area contributed by atoms with Crippen LogP contribution < -0.4 is 5.32 Å². The van der Waals surface area contributed by atoms with Gasteiger partial charge in [-0.15, -0.1) is 0 Å². The van der Waals surface area contributed by atoms with Crippen LogP contribution in [0.25, 0.3) is 0 Å². The predicted molar refractivity (Wildman–Crippen MR) is 64.7 cm³/mol. The van der Waals surface area contributed by atoms with Crippen LogP contribution >= 0.6 is 0 Å². The van der Waals surface area contributed by atoms with Gasteiger partial charge < -0.3 is 10.1 Å². The third kappa shape index (κ3) is 4.16. The van der Waals surface area contributed by atoms with Crippen LogP contribution in [-0.2, 0) is 9.53 Å². The molecule has 0 bridgehead atoms. The van der Waals surface area contributed by atoms with Gasteiger partial charge in [0.15, 0.2) is 0 Å². The van der Waals surface area contributed by atoms with Crippen LogP contribution in [0.4, 0.5) is 4.39 Å². The molecule has 1 N–H and O–H groups in total. The van der Waals surface area contributed by atoms with Gasteiger partial charge in [0.05, 0.1) is 13.0 Å². The predicted octanol–water partition coefficient (Wildman–Crippen LogP) is 1.82. The highest BCUT2D eigenvalue weighted by molar-refractivity contribution is 5.94. The second kappa shape index (κ2) is 6.74. The van der Waals surface area contributed by atoms with E-state index in [9.17, 15) is 14.0 Å². The number of hydrogen-bond acceptors (Lipinski definition) is 3. The number of ether oxygens (including phenoxy) is 1. The van der Waals surface area contributed by atoms with Crippen molar-refractivity contribution in [1.82, 2.24) is 5.32 Å². The monoisotopic (exact) mass is 253 g/mol. The number of hydrogen-bond donors (Lipinski definition) is 1. The number of carbonyl (C=O) groups is 2. The lowest BCUT2D eigenvalue weighted by Crippen LogP contribution is -2.26. The van der Waals surface area contributed by atoms with E-state index in [4.69, 9.17) is 4.74 Å². The lowest BCUT2D eigenvalue weighted by Gasteiger charge is -2.06.